The Balaban J connectivity index is 2.12. The standard InChI is InChI=1S/C13H19NO3S/c1-15-13-10(5-7-16-14)3-2-4-12(13)17-11-6-8-18-9-11/h2-4,11H,5-9,14H2,1H3. The molecular formula is C13H19NO3S. The number of ether oxygens (including phenoxy) is 2. The number of rotatable bonds is 6. The van der Waals surface area contributed by atoms with E-state index in [4.69, 9.17) is 15.4 Å². The van der Waals surface area contributed by atoms with Gasteiger partial charge in [-0.3, -0.25) is 0 Å². The Bertz CT molecular complexity index is 380. The van der Waals surface area contributed by atoms with Gasteiger partial charge in [0.05, 0.1) is 13.7 Å². The summed E-state index contributed by atoms with van der Waals surface area (Å²) in [7, 11) is 1.67. The zero-order chi connectivity index (χ0) is 12.8. The molecule has 0 bridgehead atoms. The van der Waals surface area contributed by atoms with Crippen LogP contribution >= 0.6 is 11.8 Å². The Morgan fingerprint density at radius 3 is 3.00 bits per heavy atom. The number of benzene rings is 1. The van der Waals surface area contributed by atoms with Crippen molar-refractivity contribution in [3.63, 3.8) is 0 Å². The van der Waals surface area contributed by atoms with Crippen LogP contribution in [0.2, 0.25) is 0 Å². The Morgan fingerprint density at radius 2 is 2.33 bits per heavy atom. The summed E-state index contributed by atoms with van der Waals surface area (Å²) in [5.74, 6) is 8.91. The van der Waals surface area contributed by atoms with E-state index in [9.17, 15) is 0 Å². The third-order valence-corrected chi connectivity index (χ3v) is 4.07. The second kappa shape index (κ2) is 6.87. The second-order valence-electron chi connectivity index (χ2n) is 4.17. The number of para-hydroxylation sites is 1. The van der Waals surface area contributed by atoms with E-state index in [1.165, 1.54) is 5.75 Å². The van der Waals surface area contributed by atoms with Gasteiger partial charge in [-0.05, 0) is 18.2 Å². The summed E-state index contributed by atoms with van der Waals surface area (Å²) in [6, 6.07) is 5.94. The molecule has 1 heterocycles. The summed E-state index contributed by atoms with van der Waals surface area (Å²) in [4.78, 5) is 4.62. The van der Waals surface area contributed by atoms with Crippen molar-refractivity contribution in [2.45, 2.75) is 18.9 Å². The summed E-state index contributed by atoms with van der Waals surface area (Å²) in [6.45, 7) is 0.471. The quantitative estimate of drug-likeness (QED) is 0.801. The highest BCUT2D eigenvalue weighted by Crippen LogP contribution is 2.34. The lowest BCUT2D eigenvalue weighted by molar-refractivity contribution is 0.140. The van der Waals surface area contributed by atoms with Crippen LogP contribution in [0, 0.1) is 0 Å². The molecule has 1 aromatic rings. The van der Waals surface area contributed by atoms with Gasteiger partial charge >= 0.3 is 0 Å². The molecule has 0 aromatic heterocycles. The average Bonchev–Trinajstić information content (AvgIpc) is 2.89. The molecule has 0 saturated carbocycles. The van der Waals surface area contributed by atoms with E-state index in [2.05, 4.69) is 4.84 Å². The van der Waals surface area contributed by atoms with E-state index < -0.39 is 0 Å². The molecule has 100 valence electrons. The Labute approximate surface area is 112 Å². The van der Waals surface area contributed by atoms with Crippen LogP contribution in [0.4, 0.5) is 0 Å². The molecule has 0 amide bonds. The monoisotopic (exact) mass is 269 g/mol. The predicted molar refractivity (Wildman–Crippen MR) is 73.2 cm³/mol. The molecule has 2 rings (SSSR count). The van der Waals surface area contributed by atoms with Crippen LogP contribution in [0.15, 0.2) is 18.2 Å². The molecule has 4 nitrogen and oxygen atoms in total. The third-order valence-electron chi connectivity index (χ3n) is 2.94. The number of thioether (sulfide) groups is 1. The Hall–Kier alpha value is -0.910. The molecule has 1 aliphatic rings. The summed E-state index contributed by atoms with van der Waals surface area (Å²) in [6.07, 6.45) is 2.12. The van der Waals surface area contributed by atoms with Crippen LogP contribution < -0.4 is 15.4 Å². The van der Waals surface area contributed by atoms with Gasteiger partial charge in [-0.2, -0.15) is 11.8 Å². The largest absolute Gasteiger partial charge is 0.493 e. The molecule has 1 fully saturated rings. The van der Waals surface area contributed by atoms with Gasteiger partial charge in [0.1, 0.15) is 6.10 Å². The smallest absolute Gasteiger partial charge is 0.164 e. The Morgan fingerprint density at radius 1 is 1.44 bits per heavy atom. The SMILES string of the molecule is COc1c(CCON)cccc1OC1CCSC1. The van der Waals surface area contributed by atoms with Gasteiger partial charge in [0.25, 0.3) is 0 Å². The lowest BCUT2D eigenvalue weighted by atomic mass is 10.1. The van der Waals surface area contributed by atoms with E-state index in [0.29, 0.717) is 12.7 Å². The van der Waals surface area contributed by atoms with Crippen LogP contribution in [0.25, 0.3) is 0 Å². The second-order valence-corrected chi connectivity index (χ2v) is 5.32. The van der Waals surface area contributed by atoms with Crippen LogP contribution in [0.5, 0.6) is 11.5 Å². The summed E-state index contributed by atoms with van der Waals surface area (Å²) >= 11 is 1.93. The average molecular weight is 269 g/mol. The van der Waals surface area contributed by atoms with Gasteiger partial charge in [0, 0.05) is 17.7 Å². The maximum absolute atomic E-state index is 6.00. The predicted octanol–water partition coefficient (Wildman–Crippen LogP) is 2.01. The number of methoxy groups -OCH3 is 1. The van der Waals surface area contributed by atoms with Crippen LogP contribution in [0.1, 0.15) is 12.0 Å². The van der Waals surface area contributed by atoms with E-state index in [1.807, 2.05) is 30.0 Å². The van der Waals surface area contributed by atoms with Crippen LogP contribution in [-0.2, 0) is 11.3 Å². The molecule has 1 saturated heterocycles. The van der Waals surface area contributed by atoms with Crippen molar-refractivity contribution in [2.75, 3.05) is 25.2 Å². The zero-order valence-electron chi connectivity index (χ0n) is 10.6. The van der Waals surface area contributed by atoms with E-state index in [1.54, 1.807) is 7.11 Å². The molecule has 5 heteroatoms. The summed E-state index contributed by atoms with van der Waals surface area (Å²) in [5.41, 5.74) is 1.06. The highest BCUT2D eigenvalue weighted by atomic mass is 32.2. The lowest BCUT2D eigenvalue weighted by Crippen LogP contribution is -2.15. The molecule has 0 radical (unpaired) electrons. The maximum atomic E-state index is 6.00. The van der Waals surface area contributed by atoms with E-state index >= 15 is 0 Å². The van der Waals surface area contributed by atoms with Crippen molar-refractivity contribution < 1.29 is 14.3 Å². The van der Waals surface area contributed by atoms with Gasteiger partial charge in [-0.15, -0.1) is 0 Å². The fraction of sp³-hybridized carbons (Fsp3) is 0.538. The molecule has 1 aliphatic heterocycles. The minimum absolute atomic E-state index is 0.296. The molecule has 1 aromatic carbocycles. The van der Waals surface area contributed by atoms with Crippen molar-refractivity contribution in [1.82, 2.24) is 0 Å². The zero-order valence-corrected chi connectivity index (χ0v) is 11.4. The van der Waals surface area contributed by atoms with E-state index in [0.717, 1.165) is 35.7 Å². The molecule has 18 heavy (non-hydrogen) atoms. The van der Waals surface area contributed by atoms with Gasteiger partial charge in [-0.1, -0.05) is 12.1 Å². The van der Waals surface area contributed by atoms with E-state index in [-0.39, 0.29) is 0 Å². The first-order chi connectivity index (χ1) is 8.85. The highest BCUT2D eigenvalue weighted by molar-refractivity contribution is 7.99. The number of nitrogens with two attached hydrogens (primary N) is 1. The van der Waals surface area contributed by atoms with Crippen molar-refractivity contribution in [2.24, 2.45) is 5.90 Å². The van der Waals surface area contributed by atoms with Gasteiger partial charge in [0.2, 0.25) is 0 Å². The first kappa shape index (κ1) is 13.5. The van der Waals surface area contributed by atoms with Gasteiger partial charge in [-0.25, -0.2) is 5.90 Å². The van der Waals surface area contributed by atoms with Crippen molar-refractivity contribution in [1.29, 1.82) is 0 Å². The number of hydrogen-bond donors (Lipinski definition) is 1. The Kier molecular flexibility index (Phi) is 5.16. The molecule has 1 atom stereocenters. The van der Waals surface area contributed by atoms with Gasteiger partial charge < -0.3 is 14.3 Å². The van der Waals surface area contributed by atoms with Crippen molar-refractivity contribution >= 4 is 11.8 Å². The first-order valence-corrected chi connectivity index (χ1v) is 7.22. The molecular weight excluding hydrogens is 250 g/mol. The molecule has 2 N–H and O–H groups in total. The third kappa shape index (κ3) is 3.31. The topological polar surface area (TPSA) is 53.7 Å². The minimum atomic E-state index is 0.296. The van der Waals surface area contributed by atoms with Crippen molar-refractivity contribution in [3.05, 3.63) is 23.8 Å². The van der Waals surface area contributed by atoms with Gasteiger partial charge in [0.15, 0.2) is 11.5 Å². The summed E-state index contributed by atoms with van der Waals surface area (Å²) in [5, 5.41) is 0. The number of hydrogen-bond acceptors (Lipinski definition) is 5. The fourth-order valence-electron chi connectivity index (χ4n) is 2.04. The normalized spacial score (nSPS) is 18.9. The molecule has 1 unspecified atom stereocenters. The fourth-order valence-corrected chi connectivity index (χ4v) is 3.13. The summed E-state index contributed by atoms with van der Waals surface area (Å²) < 4.78 is 11.5. The van der Waals surface area contributed by atoms with Crippen LogP contribution in [0.3, 0.4) is 0 Å². The van der Waals surface area contributed by atoms with Crippen molar-refractivity contribution in [3.8, 4) is 11.5 Å². The maximum Gasteiger partial charge on any atom is 0.164 e. The molecule has 0 spiro atoms. The molecule has 0 aliphatic carbocycles. The minimum Gasteiger partial charge on any atom is -0.493 e. The highest BCUT2D eigenvalue weighted by Gasteiger charge is 2.19. The lowest BCUT2D eigenvalue weighted by Gasteiger charge is -2.17. The van der Waals surface area contributed by atoms with Crippen LogP contribution in [-0.4, -0.2) is 31.3 Å². The first-order valence-electron chi connectivity index (χ1n) is 6.07.